The van der Waals surface area contributed by atoms with E-state index in [1.165, 1.54) is 0 Å². The fraction of sp³-hybridized carbons (Fsp3) is 0.786. The topological polar surface area (TPSA) is 35.5 Å². The first-order valence-electron chi connectivity index (χ1n) is 6.40. The highest BCUT2D eigenvalue weighted by Crippen LogP contribution is 2.64. The number of allylic oxidation sites excluding steroid dienone is 2. The molecule has 17 heavy (non-hydrogen) atoms. The Labute approximate surface area is 102 Å². The van der Waals surface area contributed by atoms with Gasteiger partial charge in [-0.15, -0.1) is 0 Å². The first-order chi connectivity index (χ1) is 7.90. The summed E-state index contributed by atoms with van der Waals surface area (Å²) in [4.78, 5) is 11.7. The van der Waals surface area contributed by atoms with Crippen molar-refractivity contribution in [2.75, 3.05) is 13.2 Å². The number of hydrogen-bond acceptors (Lipinski definition) is 3. The molecule has 0 unspecified atom stereocenters. The zero-order chi connectivity index (χ0) is 12.3. The first kappa shape index (κ1) is 11.4. The number of ether oxygens (including phenoxy) is 2. The average molecular weight is 236 g/mol. The Morgan fingerprint density at radius 2 is 1.88 bits per heavy atom. The van der Waals surface area contributed by atoms with Gasteiger partial charge >= 0.3 is 0 Å². The van der Waals surface area contributed by atoms with E-state index in [2.05, 4.69) is 26.8 Å². The molecule has 94 valence electrons. The van der Waals surface area contributed by atoms with Gasteiger partial charge in [-0.3, -0.25) is 4.79 Å². The third kappa shape index (κ3) is 1.33. The van der Waals surface area contributed by atoms with Crippen molar-refractivity contribution in [1.29, 1.82) is 0 Å². The minimum atomic E-state index is -0.485. The van der Waals surface area contributed by atoms with E-state index < -0.39 is 5.79 Å². The molecule has 3 nitrogen and oxygen atoms in total. The SMILES string of the molecule is CC1(C)[C@H]2CC(=O)C=C[C@@]2(C)CC12OCCO2. The Hall–Kier alpha value is -0.670. The molecule has 0 amide bonds. The largest absolute Gasteiger partial charge is 0.347 e. The zero-order valence-electron chi connectivity index (χ0n) is 10.8. The van der Waals surface area contributed by atoms with E-state index in [0.29, 0.717) is 25.6 Å². The van der Waals surface area contributed by atoms with E-state index in [1.54, 1.807) is 6.08 Å². The van der Waals surface area contributed by atoms with Gasteiger partial charge in [0.2, 0.25) is 0 Å². The third-order valence-corrected chi connectivity index (χ3v) is 5.07. The molecule has 3 aliphatic rings. The van der Waals surface area contributed by atoms with Gasteiger partial charge in [0.15, 0.2) is 11.6 Å². The lowest BCUT2D eigenvalue weighted by Crippen LogP contribution is -2.44. The summed E-state index contributed by atoms with van der Waals surface area (Å²) in [5, 5.41) is 0. The Bertz CT molecular complexity index is 390. The highest BCUT2D eigenvalue weighted by molar-refractivity contribution is 5.91. The van der Waals surface area contributed by atoms with Crippen LogP contribution in [0.2, 0.25) is 0 Å². The van der Waals surface area contributed by atoms with Gasteiger partial charge in [-0.05, 0) is 17.4 Å². The van der Waals surface area contributed by atoms with Crippen LogP contribution in [-0.4, -0.2) is 24.8 Å². The second-order valence-electron chi connectivity index (χ2n) is 6.41. The minimum Gasteiger partial charge on any atom is -0.347 e. The van der Waals surface area contributed by atoms with Crippen LogP contribution in [0.15, 0.2) is 12.2 Å². The molecule has 3 heteroatoms. The van der Waals surface area contributed by atoms with Crippen molar-refractivity contribution in [3.05, 3.63) is 12.2 Å². The predicted octanol–water partition coefficient (Wildman–Crippen LogP) is 2.31. The quantitative estimate of drug-likeness (QED) is 0.647. The molecule has 2 aliphatic carbocycles. The van der Waals surface area contributed by atoms with Gasteiger partial charge in [-0.2, -0.15) is 0 Å². The summed E-state index contributed by atoms with van der Waals surface area (Å²) >= 11 is 0. The van der Waals surface area contributed by atoms with E-state index in [4.69, 9.17) is 9.47 Å². The maximum Gasteiger partial charge on any atom is 0.174 e. The lowest BCUT2D eigenvalue weighted by Gasteiger charge is -2.40. The van der Waals surface area contributed by atoms with Crippen LogP contribution in [0.1, 0.15) is 33.6 Å². The van der Waals surface area contributed by atoms with Gasteiger partial charge in [-0.25, -0.2) is 0 Å². The van der Waals surface area contributed by atoms with Crippen molar-refractivity contribution in [3.63, 3.8) is 0 Å². The molecule has 1 saturated heterocycles. The molecule has 1 heterocycles. The van der Waals surface area contributed by atoms with E-state index in [0.717, 1.165) is 6.42 Å². The smallest absolute Gasteiger partial charge is 0.174 e. The highest BCUT2D eigenvalue weighted by Gasteiger charge is 2.66. The second kappa shape index (κ2) is 3.21. The fourth-order valence-electron chi connectivity index (χ4n) is 4.09. The van der Waals surface area contributed by atoms with Crippen LogP contribution in [0.3, 0.4) is 0 Å². The number of carbonyl (C=O) groups is 1. The molecule has 0 radical (unpaired) electrons. The molecule has 0 N–H and O–H groups in total. The average Bonchev–Trinajstić information content (AvgIpc) is 2.76. The van der Waals surface area contributed by atoms with Crippen molar-refractivity contribution >= 4 is 5.78 Å². The Morgan fingerprint density at radius 1 is 1.24 bits per heavy atom. The normalized spacial score (nSPS) is 42.1. The predicted molar refractivity (Wildman–Crippen MR) is 63.4 cm³/mol. The summed E-state index contributed by atoms with van der Waals surface area (Å²) in [6.45, 7) is 7.93. The summed E-state index contributed by atoms with van der Waals surface area (Å²) in [5.74, 6) is 0.0580. The number of carbonyl (C=O) groups excluding carboxylic acids is 1. The van der Waals surface area contributed by atoms with Gasteiger partial charge in [-0.1, -0.05) is 26.8 Å². The molecular weight excluding hydrogens is 216 g/mol. The zero-order valence-corrected chi connectivity index (χ0v) is 10.8. The van der Waals surface area contributed by atoms with Crippen LogP contribution >= 0.6 is 0 Å². The third-order valence-electron chi connectivity index (χ3n) is 5.07. The molecule has 2 fully saturated rings. The van der Waals surface area contributed by atoms with Gasteiger partial charge in [0, 0.05) is 18.3 Å². The van der Waals surface area contributed by atoms with Crippen LogP contribution in [0.25, 0.3) is 0 Å². The molecule has 1 aliphatic heterocycles. The lowest BCUT2D eigenvalue weighted by atomic mass is 9.66. The molecule has 2 atom stereocenters. The lowest BCUT2D eigenvalue weighted by molar-refractivity contribution is -0.218. The Morgan fingerprint density at radius 3 is 2.53 bits per heavy atom. The fourth-order valence-corrected chi connectivity index (χ4v) is 4.09. The van der Waals surface area contributed by atoms with Gasteiger partial charge < -0.3 is 9.47 Å². The van der Waals surface area contributed by atoms with E-state index >= 15 is 0 Å². The van der Waals surface area contributed by atoms with Crippen LogP contribution in [0, 0.1) is 16.7 Å². The summed E-state index contributed by atoms with van der Waals surface area (Å²) in [5.41, 5.74) is -0.0829. The number of rotatable bonds is 0. The molecule has 0 aromatic heterocycles. The summed E-state index contributed by atoms with van der Waals surface area (Å²) in [6.07, 6.45) is 5.29. The number of fused-ring (bicyclic) bond motifs is 1. The maximum atomic E-state index is 11.7. The van der Waals surface area contributed by atoms with Crippen LogP contribution in [-0.2, 0) is 14.3 Å². The Balaban J connectivity index is 2.06. The molecule has 1 spiro atoms. The molecule has 0 aromatic rings. The van der Waals surface area contributed by atoms with Gasteiger partial charge in [0.05, 0.1) is 13.2 Å². The minimum absolute atomic E-state index is 0.0295. The standard InChI is InChI=1S/C14H20O3/c1-12(2)11-8-10(15)4-5-13(11,3)9-14(12)16-6-7-17-14/h4-5,11H,6-9H2,1-3H3/t11-,13+/m1/s1. The van der Waals surface area contributed by atoms with Crippen LogP contribution < -0.4 is 0 Å². The molecular formula is C14H20O3. The van der Waals surface area contributed by atoms with Crippen LogP contribution in [0.4, 0.5) is 0 Å². The molecule has 1 saturated carbocycles. The molecule has 3 rings (SSSR count). The monoisotopic (exact) mass is 236 g/mol. The Kier molecular flexibility index (Phi) is 2.15. The summed E-state index contributed by atoms with van der Waals surface area (Å²) in [7, 11) is 0. The van der Waals surface area contributed by atoms with E-state index in [9.17, 15) is 4.79 Å². The van der Waals surface area contributed by atoms with Crippen molar-refractivity contribution < 1.29 is 14.3 Å². The number of hydrogen-bond donors (Lipinski definition) is 0. The summed E-state index contributed by atoms with van der Waals surface area (Å²) in [6, 6.07) is 0. The van der Waals surface area contributed by atoms with Crippen molar-refractivity contribution in [2.45, 2.75) is 39.4 Å². The van der Waals surface area contributed by atoms with Crippen molar-refractivity contribution in [2.24, 2.45) is 16.7 Å². The van der Waals surface area contributed by atoms with E-state index in [1.807, 2.05) is 0 Å². The van der Waals surface area contributed by atoms with Crippen molar-refractivity contribution in [3.8, 4) is 0 Å². The molecule has 0 aromatic carbocycles. The number of ketones is 1. The van der Waals surface area contributed by atoms with Crippen molar-refractivity contribution in [1.82, 2.24) is 0 Å². The van der Waals surface area contributed by atoms with Crippen LogP contribution in [0.5, 0.6) is 0 Å². The van der Waals surface area contributed by atoms with Gasteiger partial charge in [0.1, 0.15) is 0 Å². The summed E-state index contributed by atoms with van der Waals surface area (Å²) < 4.78 is 11.9. The second-order valence-corrected chi connectivity index (χ2v) is 6.41. The highest BCUT2D eigenvalue weighted by atomic mass is 16.7. The maximum absolute atomic E-state index is 11.7. The first-order valence-corrected chi connectivity index (χ1v) is 6.40. The van der Waals surface area contributed by atoms with E-state index in [-0.39, 0.29) is 16.6 Å². The van der Waals surface area contributed by atoms with Gasteiger partial charge in [0.25, 0.3) is 0 Å². The molecule has 0 bridgehead atoms.